The fourth-order valence-corrected chi connectivity index (χ4v) is 2.74. The molecular formula is C15H13Cl6N5. The zero-order valence-corrected chi connectivity index (χ0v) is 17.7. The van der Waals surface area contributed by atoms with Crippen molar-refractivity contribution in [2.45, 2.75) is 26.0 Å². The number of anilines is 1. The van der Waals surface area contributed by atoms with Crippen molar-refractivity contribution in [3.8, 4) is 11.4 Å². The van der Waals surface area contributed by atoms with Crippen molar-refractivity contribution in [2.75, 3.05) is 11.9 Å². The molecule has 0 amide bonds. The summed E-state index contributed by atoms with van der Waals surface area (Å²) in [7, 11) is 0. The normalized spacial score (nSPS) is 16.4. The summed E-state index contributed by atoms with van der Waals surface area (Å²) in [6, 6.07) is 6.74. The topological polar surface area (TPSA) is 76.7 Å². The van der Waals surface area contributed by atoms with Crippen LogP contribution >= 0.6 is 69.6 Å². The molecule has 0 atom stereocenters. The number of halogens is 6. The van der Waals surface area contributed by atoms with Gasteiger partial charge in [0, 0.05) is 23.2 Å². The highest BCUT2D eigenvalue weighted by Gasteiger charge is 2.38. The van der Waals surface area contributed by atoms with Gasteiger partial charge in [0.1, 0.15) is 0 Å². The molecule has 0 saturated heterocycles. The summed E-state index contributed by atoms with van der Waals surface area (Å²) in [6.45, 7) is 0.516. The van der Waals surface area contributed by atoms with Crippen LogP contribution in [0.25, 0.3) is 11.4 Å². The first kappa shape index (κ1) is 20.5. The lowest BCUT2D eigenvalue weighted by Crippen LogP contribution is -2.31. The molecule has 1 aromatic carbocycles. The summed E-state index contributed by atoms with van der Waals surface area (Å²) in [5.41, 5.74) is 7.00. The van der Waals surface area contributed by atoms with Gasteiger partial charge in [-0.2, -0.15) is 9.97 Å². The summed E-state index contributed by atoms with van der Waals surface area (Å²) >= 11 is 35.5. The molecule has 1 fully saturated rings. The molecule has 1 heterocycles. The number of benzene rings is 1. The van der Waals surface area contributed by atoms with Crippen LogP contribution in [-0.4, -0.2) is 27.0 Å². The van der Waals surface area contributed by atoms with Gasteiger partial charge in [0.15, 0.2) is 11.6 Å². The molecular weight excluding hydrogens is 463 g/mol. The summed E-state index contributed by atoms with van der Waals surface area (Å²) in [5.74, 6) is 0.599. The molecule has 0 spiro atoms. The molecule has 0 aliphatic heterocycles. The van der Waals surface area contributed by atoms with Crippen LogP contribution in [0.5, 0.6) is 0 Å². The van der Waals surface area contributed by atoms with Crippen molar-refractivity contribution in [3.63, 3.8) is 0 Å². The van der Waals surface area contributed by atoms with Gasteiger partial charge in [-0.3, -0.25) is 0 Å². The average Bonchev–Trinajstić information content (AvgIpc) is 3.29. The molecule has 5 nitrogen and oxygen atoms in total. The first-order valence-corrected chi connectivity index (χ1v) is 9.77. The second-order valence-electron chi connectivity index (χ2n) is 6.10. The maximum Gasteiger partial charge on any atom is 0.250 e. The van der Waals surface area contributed by atoms with E-state index in [2.05, 4.69) is 20.3 Å². The Morgan fingerprint density at radius 2 is 1.54 bits per heavy atom. The number of hydrogen-bond donors (Lipinski definition) is 2. The number of aromatic nitrogens is 3. The van der Waals surface area contributed by atoms with E-state index in [0.717, 1.165) is 12.8 Å². The molecule has 0 radical (unpaired) electrons. The van der Waals surface area contributed by atoms with E-state index >= 15 is 0 Å². The Bertz CT molecular complexity index is 796. The van der Waals surface area contributed by atoms with Crippen LogP contribution < -0.4 is 11.1 Å². The Balaban J connectivity index is 1.94. The van der Waals surface area contributed by atoms with Crippen molar-refractivity contribution in [1.82, 2.24) is 15.0 Å². The third kappa shape index (κ3) is 5.16. The predicted molar refractivity (Wildman–Crippen MR) is 108 cm³/mol. The zero-order valence-electron chi connectivity index (χ0n) is 13.1. The summed E-state index contributed by atoms with van der Waals surface area (Å²) < 4.78 is -3.32. The highest BCUT2D eigenvalue weighted by molar-refractivity contribution is 6.67. The van der Waals surface area contributed by atoms with Crippen molar-refractivity contribution >= 4 is 75.6 Å². The van der Waals surface area contributed by atoms with Crippen molar-refractivity contribution in [3.05, 3.63) is 35.7 Å². The molecule has 140 valence electrons. The molecule has 1 aliphatic carbocycles. The Morgan fingerprint density at radius 3 is 2.04 bits per heavy atom. The molecule has 1 saturated carbocycles. The van der Waals surface area contributed by atoms with Crippen LogP contribution in [0.1, 0.15) is 24.2 Å². The van der Waals surface area contributed by atoms with Gasteiger partial charge in [-0.15, -0.1) is 0 Å². The monoisotopic (exact) mass is 473 g/mol. The molecule has 0 unspecified atom stereocenters. The fourth-order valence-electron chi connectivity index (χ4n) is 2.11. The molecule has 11 heteroatoms. The van der Waals surface area contributed by atoms with E-state index in [0.29, 0.717) is 23.5 Å². The summed E-state index contributed by atoms with van der Waals surface area (Å²) in [4.78, 5) is 12.8. The minimum absolute atomic E-state index is 0.00215. The van der Waals surface area contributed by atoms with Gasteiger partial charge in [0.25, 0.3) is 0 Å². The number of nitrogens with one attached hydrogen (secondary N) is 1. The maximum atomic E-state index is 6.08. The van der Waals surface area contributed by atoms with Gasteiger partial charge in [-0.05, 0) is 12.8 Å². The van der Waals surface area contributed by atoms with Gasteiger partial charge in [-0.1, -0.05) is 93.9 Å². The highest BCUT2D eigenvalue weighted by atomic mass is 35.6. The quantitative estimate of drug-likeness (QED) is 0.602. The summed E-state index contributed by atoms with van der Waals surface area (Å²) in [6.07, 6.45) is 1.88. The largest absolute Gasteiger partial charge is 0.352 e. The first-order chi connectivity index (χ1) is 12.0. The molecule has 1 aliphatic rings. The van der Waals surface area contributed by atoms with E-state index in [1.54, 1.807) is 24.3 Å². The molecule has 26 heavy (non-hydrogen) atoms. The number of hydrogen-bond acceptors (Lipinski definition) is 5. The van der Waals surface area contributed by atoms with E-state index in [4.69, 9.17) is 75.3 Å². The van der Waals surface area contributed by atoms with Crippen LogP contribution in [0, 0.1) is 0 Å². The summed E-state index contributed by atoms with van der Waals surface area (Å²) in [5, 5.41) is 3.08. The van der Waals surface area contributed by atoms with Gasteiger partial charge in [0.2, 0.25) is 13.5 Å². The SMILES string of the molecule is NC1(CNc2nc(-c3ccc(C(Cl)(Cl)Cl)cc3)nc(C(Cl)(Cl)Cl)n2)CC1. The highest BCUT2D eigenvalue weighted by Crippen LogP contribution is 2.39. The van der Waals surface area contributed by atoms with Crippen molar-refractivity contribution < 1.29 is 0 Å². The fraction of sp³-hybridized carbons (Fsp3) is 0.400. The van der Waals surface area contributed by atoms with Crippen molar-refractivity contribution in [1.29, 1.82) is 0 Å². The lowest BCUT2D eigenvalue weighted by molar-refractivity contribution is 0.706. The van der Waals surface area contributed by atoms with Gasteiger partial charge in [-0.25, -0.2) is 4.98 Å². The Labute approximate surface area is 180 Å². The number of nitrogens with zero attached hydrogens (tertiary/aromatic N) is 3. The Morgan fingerprint density at radius 1 is 0.923 bits per heavy atom. The van der Waals surface area contributed by atoms with E-state index in [1.165, 1.54) is 0 Å². The second kappa shape index (κ2) is 7.28. The first-order valence-electron chi connectivity index (χ1n) is 7.50. The van der Waals surface area contributed by atoms with E-state index in [-0.39, 0.29) is 17.3 Å². The molecule has 1 aromatic heterocycles. The van der Waals surface area contributed by atoms with Crippen LogP contribution in [-0.2, 0) is 7.59 Å². The lowest BCUT2D eigenvalue weighted by atomic mass is 10.1. The minimum Gasteiger partial charge on any atom is -0.352 e. The third-order valence-electron chi connectivity index (χ3n) is 3.85. The minimum atomic E-state index is -1.80. The van der Waals surface area contributed by atoms with Gasteiger partial charge < -0.3 is 11.1 Å². The Hall–Kier alpha value is -0.270. The van der Waals surface area contributed by atoms with Crippen LogP contribution in [0.3, 0.4) is 0 Å². The number of nitrogens with two attached hydrogens (primary N) is 1. The number of alkyl halides is 6. The smallest absolute Gasteiger partial charge is 0.250 e. The van der Waals surface area contributed by atoms with Crippen LogP contribution in [0.2, 0.25) is 0 Å². The standard InChI is InChI=1S/C15H13Cl6N5/c16-14(17,18)9-3-1-8(2-4-9)10-24-11(15(19,20)21)26-12(25-10)23-7-13(22)5-6-13/h1-4H,5-7,22H2,(H,23,24,25,26). The zero-order chi connectivity index (χ0) is 19.2. The predicted octanol–water partition coefficient (Wildman–Crippen LogP) is 5.10. The molecule has 3 N–H and O–H groups in total. The maximum absolute atomic E-state index is 6.08. The molecule has 3 rings (SSSR count). The number of rotatable bonds is 4. The van der Waals surface area contributed by atoms with E-state index < -0.39 is 7.59 Å². The molecule has 2 aromatic rings. The van der Waals surface area contributed by atoms with Gasteiger partial charge in [0.05, 0.1) is 0 Å². The average molecular weight is 476 g/mol. The van der Waals surface area contributed by atoms with Crippen LogP contribution in [0.15, 0.2) is 24.3 Å². The van der Waals surface area contributed by atoms with Crippen molar-refractivity contribution in [2.24, 2.45) is 5.73 Å². The Kier molecular flexibility index (Phi) is 5.73. The van der Waals surface area contributed by atoms with Gasteiger partial charge >= 0.3 is 0 Å². The van der Waals surface area contributed by atoms with E-state index in [1.807, 2.05) is 0 Å². The second-order valence-corrected chi connectivity index (χ2v) is 10.7. The third-order valence-corrected chi connectivity index (χ3v) is 5.01. The van der Waals surface area contributed by atoms with E-state index in [9.17, 15) is 0 Å². The lowest BCUT2D eigenvalue weighted by Gasteiger charge is -2.15. The molecule has 0 bridgehead atoms. The van der Waals surface area contributed by atoms with Crippen LogP contribution in [0.4, 0.5) is 5.95 Å².